The summed E-state index contributed by atoms with van der Waals surface area (Å²) in [7, 11) is 0. The Balaban J connectivity index is 1.53. The van der Waals surface area contributed by atoms with E-state index in [0.29, 0.717) is 29.3 Å². The highest BCUT2D eigenvalue weighted by atomic mass is 32.1. The summed E-state index contributed by atoms with van der Waals surface area (Å²) in [5.74, 6) is -0.0531. The number of hydrogen-bond acceptors (Lipinski definition) is 4. The molecule has 0 spiro atoms. The number of thiocarbonyl (C=S) groups is 1. The maximum atomic E-state index is 12.4. The zero-order valence-corrected chi connectivity index (χ0v) is 18.1. The van der Waals surface area contributed by atoms with E-state index < -0.39 is 0 Å². The quantitative estimate of drug-likeness (QED) is 0.613. The van der Waals surface area contributed by atoms with E-state index in [1.165, 1.54) is 5.56 Å². The summed E-state index contributed by atoms with van der Waals surface area (Å²) in [6.45, 7) is 5.46. The number of ether oxygens (including phenoxy) is 1. The van der Waals surface area contributed by atoms with Crippen LogP contribution in [0, 0.1) is 0 Å². The minimum atomic E-state index is -0.284. The molecule has 1 aliphatic heterocycles. The number of anilines is 1. The fourth-order valence-electron chi connectivity index (χ4n) is 3.21. The van der Waals surface area contributed by atoms with Gasteiger partial charge in [0.25, 0.3) is 11.8 Å². The van der Waals surface area contributed by atoms with Gasteiger partial charge in [-0.1, -0.05) is 32.0 Å². The molecule has 0 bridgehead atoms. The van der Waals surface area contributed by atoms with Gasteiger partial charge in [-0.25, -0.2) is 0 Å². The zero-order chi connectivity index (χ0) is 21.5. The summed E-state index contributed by atoms with van der Waals surface area (Å²) < 4.78 is 5.52. The molecule has 1 atom stereocenters. The molecule has 6 nitrogen and oxygen atoms in total. The molecule has 2 aromatic rings. The molecule has 0 aromatic heterocycles. The van der Waals surface area contributed by atoms with E-state index in [1.54, 1.807) is 36.4 Å². The molecular formula is C23H27N3O3S. The molecular weight excluding hydrogens is 398 g/mol. The molecule has 158 valence electrons. The maximum absolute atomic E-state index is 12.4. The Morgan fingerprint density at radius 3 is 2.53 bits per heavy atom. The molecule has 2 aromatic carbocycles. The van der Waals surface area contributed by atoms with Crippen LogP contribution in [0.4, 0.5) is 5.69 Å². The van der Waals surface area contributed by atoms with Gasteiger partial charge in [0.1, 0.15) is 0 Å². The van der Waals surface area contributed by atoms with Crippen molar-refractivity contribution in [1.82, 2.24) is 10.6 Å². The lowest BCUT2D eigenvalue weighted by Gasteiger charge is -2.13. The first-order valence-electron chi connectivity index (χ1n) is 10.1. The van der Waals surface area contributed by atoms with Crippen molar-refractivity contribution in [1.29, 1.82) is 0 Å². The van der Waals surface area contributed by atoms with Crippen LogP contribution in [0.15, 0.2) is 48.5 Å². The Labute approximate surface area is 182 Å². The van der Waals surface area contributed by atoms with Gasteiger partial charge < -0.3 is 15.4 Å². The topological polar surface area (TPSA) is 79.5 Å². The van der Waals surface area contributed by atoms with E-state index in [1.807, 2.05) is 12.1 Å². The van der Waals surface area contributed by atoms with E-state index in [0.717, 1.165) is 19.4 Å². The van der Waals surface area contributed by atoms with Gasteiger partial charge in [0.2, 0.25) is 0 Å². The number of carbonyl (C=O) groups is 2. The van der Waals surface area contributed by atoms with Gasteiger partial charge >= 0.3 is 0 Å². The van der Waals surface area contributed by atoms with Crippen LogP contribution in [0.2, 0.25) is 0 Å². The highest BCUT2D eigenvalue weighted by molar-refractivity contribution is 7.80. The van der Waals surface area contributed by atoms with E-state index >= 15 is 0 Å². The molecule has 0 radical (unpaired) electrons. The molecule has 1 saturated heterocycles. The number of nitrogens with one attached hydrogen (secondary N) is 3. The molecule has 1 unspecified atom stereocenters. The highest BCUT2D eigenvalue weighted by Gasteiger charge is 2.17. The van der Waals surface area contributed by atoms with Crippen LogP contribution >= 0.6 is 12.2 Å². The predicted octanol–water partition coefficient (Wildman–Crippen LogP) is 3.85. The fraction of sp³-hybridized carbons (Fsp3) is 0.348. The SMILES string of the molecule is CC(C)c1ccc(C(=O)NC(=S)Nc2cccc(C(=O)NCC3CCCO3)c2)cc1. The van der Waals surface area contributed by atoms with E-state index in [-0.39, 0.29) is 23.0 Å². The largest absolute Gasteiger partial charge is 0.376 e. The van der Waals surface area contributed by atoms with Crippen molar-refractivity contribution in [2.24, 2.45) is 0 Å². The van der Waals surface area contributed by atoms with Gasteiger partial charge in [-0.2, -0.15) is 0 Å². The van der Waals surface area contributed by atoms with E-state index in [9.17, 15) is 9.59 Å². The van der Waals surface area contributed by atoms with E-state index in [4.69, 9.17) is 17.0 Å². The number of benzene rings is 2. The van der Waals surface area contributed by atoms with Crippen molar-refractivity contribution >= 4 is 34.8 Å². The summed E-state index contributed by atoms with van der Waals surface area (Å²) in [5, 5.41) is 8.69. The standard InChI is InChI=1S/C23H27N3O3S/c1-15(2)16-8-10-17(11-9-16)22(28)26-23(30)25-19-6-3-5-18(13-19)21(27)24-14-20-7-4-12-29-20/h3,5-6,8-11,13,15,20H,4,7,12,14H2,1-2H3,(H,24,27)(H2,25,26,28,30). The third kappa shape index (κ3) is 6.11. The molecule has 1 aliphatic rings. The molecule has 7 heteroatoms. The van der Waals surface area contributed by atoms with Crippen LogP contribution in [0.1, 0.15) is 58.9 Å². The first-order valence-corrected chi connectivity index (χ1v) is 10.6. The van der Waals surface area contributed by atoms with Crippen molar-refractivity contribution in [2.45, 2.75) is 38.7 Å². The second-order valence-electron chi connectivity index (χ2n) is 7.61. The van der Waals surface area contributed by atoms with Crippen LogP contribution in [-0.4, -0.2) is 36.2 Å². The summed E-state index contributed by atoms with van der Waals surface area (Å²) >= 11 is 5.25. The lowest BCUT2D eigenvalue weighted by atomic mass is 10.0. The minimum absolute atomic E-state index is 0.0904. The van der Waals surface area contributed by atoms with Crippen LogP contribution in [0.5, 0.6) is 0 Å². The van der Waals surface area contributed by atoms with Crippen molar-refractivity contribution < 1.29 is 14.3 Å². The summed E-state index contributed by atoms with van der Waals surface area (Å²) in [4.78, 5) is 24.8. The van der Waals surface area contributed by atoms with E-state index in [2.05, 4.69) is 29.8 Å². The predicted molar refractivity (Wildman–Crippen MR) is 122 cm³/mol. The van der Waals surface area contributed by atoms with Gasteiger partial charge in [0.15, 0.2) is 5.11 Å². The number of rotatable bonds is 6. The highest BCUT2D eigenvalue weighted by Crippen LogP contribution is 2.15. The Bertz CT molecular complexity index is 906. The first-order chi connectivity index (χ1) is 14.4. The Morgan fingerprint density at radius 2 is 1.87 bits per heavy atom. The Hall–Kier alpha value is -2.77. The van der Waals surface area contributed by atoms with Crippen LogP contribution < -0.4 is 16.0 Å². The molecule has 1 fully saturated rings. The van der Waals surface area contributed by atoms with Crippen molar-refractivity contribution in [3.05, 3.63) is 65.2 Å². The first kappa shape index (κ1) is 21.9. The van der Waals surface area contributed by atoms with Gasteiger partial charge in [-0.15, -0.1) is 0 Å². The number of amides is 2. The van der Waals surface area contributed by atoms with Gasteiger partial charge in [-0.3, -0.25) is 14.9 Å². The molecule has 30 heavy (non-hydrogen) atoms. The Morgan fingerprint density at radius 1 is 1.10 bits per heavy atom. The van der Waals surface area contributed by atoms with Crippen LogP contribution in [0.3, 0.4) is 0 Å². The van der Waals surface area contributed by atoms with Crippen molar-refractivity contribution in [3.63, 3.8) is 0 Å². The third-order valence-corrected chi connectivity index (χ3v) is 5.17. The second-order valence-corrected chi connectivity index (χ2v) is 8.02. The lowest BCUT2D eigenvalue weighted by Crippen LogP contribution is -2.34. The summed E-state index contributed by atoms with van der Waals surface area (Å²) in [5.41, 5.74) is 2.84. The lowest BCUT2D eigenvalue weighted by molar-refractivity contribution is 0.0857. The van der Waals surface area contributed by atoms with Crippen molar-refractivity contribution in [2.75, 3.05) is 18.5 Å². The maximum Gasteiger partial charge on any atom is 0.257 e. The molecule has 0 saturated carbocycles. The fourth-order valence-corrected chi connectivity index (χ4v) is 3.42. The van der Waals surface area contributed by atoms with Gasteiger partial charge in [0, 0.05) is 30.0 Å². The zero-order valence-electron chi connectivity index (χ0n) is 17.2. The molecule has 1 heterocycles. The second kappa shape index (κ2) is 10.3. The monoisotopic (exact) mass is 425 g/mol. The van der Waals surface area contributed by atoms with Gasteiger partial charge in [0.05, 0.1) is 6.10 Å². The average molecular weight is 426 g/mol. The molecule has 2 amide bonds. The van der Waals surface area contributed by atoms with Crippen molar-refractivity contribution in [3.8, 4) is 0 Å². The number of carbonyl (C=O) groups excluding carboxylic acids is 2. The summed E-state index contributed by atoms with van der Waals surface area (Å²) in [6, 6.07) is 14.4. The molecule has 0 aliphatic carbocycles. The molecule has 3 N–H and O–H groups in total. The number of hydrogen-bond donors (Lipinski definition) is 3. The normalized spacial score (nSPS) is 15.6. The Kier molecular flexibility index (Phi) is 7.54. The minimum Gasteiger partial charge on any atom is -0.376 e. The van der Waals surface area contributed by atoms with Crippen LogP contribution in [0.25, 0.3) is 0 Å². The summed E-state index contributed by atoms with van der Waals surface area (Å²) in [6.07, 6.45) is 2.09. The van der Waals surface area contributed by atoms with Gasteiger partial charge in [-0.05, 0) is 66.9 Å². The smallest absolute Gasteiger partial charge is 0.257 e. The third-order valence-electron chi connectivity index (χ3n) is 4.96. The average Bonchev–Trinajstić information content (AvgIpc) is 3.25. The molecule has 3 rings (SSSR count). The van der Waals surface area contributed by atoms with Crippen LogP contribution in [-0.2, 0) is 4.74 Å².